The number of phenolic OH excluding ortho intramolecular Hbond substituents is 1. The van der Waals surface area contributed by atoms with Crippen LogP contribution in [0.5, 0.6) is 11.5 Å². The van der Waals surface area contributed by atoms with Gasteiger partial charge in [-0.2, -0.15) is 0 Å². The molecule has 0 aliphatic carbocycles. The number of carbonyl (C=O) groups is 1. The Balaban J connectivity index is 2.31. The standard InChI is InChI=1S/C15H14N2O5/c1-2-22-13-9-4-3-7-11(13)16-15(19)10-6-5-8-12(14(10)18)17(20)21/h3-9,18H,2H2,1H3,(H,16,19). The maximum atomic E-state index is 12.2. The van der Waals surface area contributed by atoms with Gasteiger partial charge in [-0.3, -0.25) is 14.9 Å². The number of nitro groups is 1. The van der Waals surface area contributed by atoms with E-state index in [0.29, 0.717) is 18.0 Å². The van der Waals surface area contributed by atoms with E-state index in [9.17, 15) is 20.0 Å². The lowest BCUT2D eigenvalue weighted by atomic mass is 10.1. The van der Waals surface area contributed by atoms with Crippen molar-refractivity contribution in [1.29, 1.82) is 0 Å². The van der Waals surface area contributed by atoms with Crippen LogP contribution in [0, 0.1) is 10.1 Å². The molecule has 0 spiro atoms. The van der Waals surface area contributed by atoms with Gasteiger partial charge in [-0.05, 0) is 25.1 Å². The van der Waals surface area contributed by atoms with Crippen LogP contribution >= 0.6 is 0 Å². The molecule has 0 radical (unpaired) electrons. The molecule has 0 unspecified atom stereocenters. The van der Waals surface area contributed by atoms with Gasteiger partial charge in [-0.1, -0.05) is 18.2 Å². The molecule has 0 aromatic heterocycles. The number of benzene rings is 2. The number of rotatable bonds is 5. The molecule has 0 aliphatic heterocycles. The van der Waals surface area contributed by atoms with Gasteiger partial charge in [0.15, 0.2) is 0 Å². The quantitative estimate of drug-likeness (QED) is 0.653. The molecule has 0 bridgehead atoms. The summed E-state index contributed by atoms with van der Waals surface area (Å²) in [5, 5.41) is 23.2. The van der Waals surface area contributed by atoms with E-state index in [1.807, 2.05) is 6.92 Å². The SMILES string of the molecule is CCOc1ccccc1NC(=O)c1cccc([N+](=O)[O-])c1O. The van der Waals surface area contributed by atoms with Crippen molar-refractivity contribution in [2.24, 2.45) is 0 Å². The van der Waals surface area contributed by atoms with Gasteiger partial charge in [0.2, 0.25) is 5.75 Å². The number of hydrogen-bond donors (Lipinski definition) is 2. The minimum Gasteiger partial charge on any atom is -0.502 e. The lowest BCUT2D eigenvalue weighted by Gasteiger charge is -2.11. The fourth-order valence-corrected chi connectivity index (χ4v) is 1.90. The lowest BCUT2D eigenvalue weighted by Crippen LogP contribution is -2.13. The van der Waals surface area contributed by atoms with E-state index in [1.165, 1.54) is 12.1 Å². The van der Waals surface area contributed by atoms with Crippen LogP contribution in [0.25, 0.3) is 0 Å². The maximum Gasteiger partial charge on any atom is 0.311 e. The molecule has 1 amide bonds. The fraction of sp³-hybridized carbons (Fsp3) is 0.133. The summed E-state index contributed by atoms with van der Waals surface area (Å²) in [5.74, 6) is -0.851. The number of phenols is 1. The first-order chi connectivity index (χ1) is 10.5. The number of nitrogens with one attached hydrogen (secondary N) is 1. The number of ether oxygens (including phenoxy) is 1. The van der Waals surface area contributed by atoms with Gasteiger partial charge < -0.3 is 15.2 Å². The van der Waals surface area contributed by atoms with Crippen LogP contribution < -0.4 is 10.1 Å². The first kappa shape index (κ1) is 15.3. The Morgan fingerprint density at radius 1 is 1.27 bits per heavy atom. The minimum absolute atomic E-state index is 0.180. The first-order valence-corrected chi connectivity index (χ1v) is 6.54. The summed E-state index contributed by atoms with van der Waals surface area (Å²) in [6.45, 7) is 2.24. The predicted octanol–water partition coefficient (Wildman–Crippen LogP) is 2.95. The number of amides is 1. The van der Waals surface area contributed by atoms with Crippen molar-refractivity contribution >= 4 is 17.3 Å². The summed E-state index contributed by atoms with van der Waals surface area (Å²) >= 11 is 0. The molecule has 0 aliphatic rings. The molecule has 0 saturated heterocycles. The Morgan fingerprint density at radius 3 is 2.68 bits per heavy atom. The number of nitro benzene ring substituents is 1. The van der Waals surface area contributed by atoms with Gasteiger partial charge in [0.1, 0.15) is 5.75 Å². The van der Waals surface area contributed by atoms with E-state index in [4.69, 9.17) is 4.74 Å². The smallest absolute Gasteiger partial charge is 0.311 e. The summed E-state index contributed by atoms with van der Waals surface area (Å²) in [7, 11) is 0. The third-order valence-electron chi connectivity index (χ3n) is 2.89. The molecule has 2 aromatic carbocycles. The third kappa shape index (κ3) is 3.14. The van der Waals surface area contributed by atoms with E-state index in [0.717, 1.165) is 6.07 Å². The van der Waals surface area contributed by atoms with E-state index >= 15 is 0 Å². The van der Waals surface area contributed by atoms with Crippen LogP contribution in [0.2, 0.25) is 0 Å². The second-order valence-corrected chi connectivity index (χ2v) is 4.31. The average Bonchev–Trinajstić information content (AvgIpc) is 2.49. The first-order valence-electron chi connectivity index (χ1n) is 6.54. The topological polar surface area (TPSA) is 102 Å². The summed E-state index contributed by atoms with van der Waals surface area (Å²) in [4.78, 5) is 22.3. The van der Waals surface area contributed by atoms with Crippen molar-refractivity contribution in [1.82, 2.24) is 0 Å². The highest BCUT2D eigenvalue weighted by molar-refractivity contribution is 6.07. The van der Waals surface area contributed by atoms with Gasteiger partial charge in [0.25, 0.3) is 5.91 Å². The number of carbonyl (C=O) groups excluding carboxylic acids is 1. The monoisotopic (exact) mass is 302 g/mol. The number of anilines is 1. The normalized spacial score (nSPS) is 10.0. The molecule has 0 atom stereocenters. The number of hydrogen-bond acceptors (Lipinski definition) is 5. The maximum absolute atomic E-state index is 12.2. The largest absolute Gasteiger partial charge is 0.502 e. The molecular formula is C15H14N2O5. The van der Waals surface area contributed by atoms with Crippen molar-refractivity contribution in [3.8, 4) is 11.5 Å². The molecule has 22 heavy (non-hydrogen) atoms. The van der Waals surface area contributed by atoms with Crippen LogP contribution in [0.4, 0.5) is 11.4 Å². The van der Waals surface area contributed by atoms with Crippen molar-refractivity contribution in [2.45, 2.75) is 6.92 Å². The summed E-state index contributed by atoms with van der Waals surface area (Å²) in [6, 6.07) is 10.6. The number of para-hydroxylation sites is 3. The Hall–Kier alpha value is -3.09. The van der Waals surface area contributed by atoms with Gasteiger partial charge in [0.05, 0.1) is 22.8 Å². The summed E-state index contributed by atoms with van der Waals surface area (Å²) in [6.07, 6.45) is 0. The van der Waals surface area contributed by atoms with Crippen molar-refractivity contribution in [3.05, 3.63) is 58.1 Å². The van der Waals surface area contributed by atoms with E-state index in [1.54, 1.807) is 24.3 Å². The third-order valence-corrected chi connectivity index (χ3v) is 2.89. The van der Waals surface area contributed by atoms with Crippen LogP contribution in [-0.4, -0.2) is 22.5 Å². The van der Waals surface area contributed by atoms with E-state index in [-0.39, 0.29) is 5.56 Å². The van der Waals surface area contributed by atoms with Crippen molar-refractivity contribution in [2.75, 3.05) is 11.9 Å². The fourth-order valence-electron chi connectivity index (χ4n) is 1.90. The molecule has 0 heterocycles. The predicted molar refractivity (Wildman–Crippen MR) is 80.3 cm³/mol. The Morgan fingerprint density at radius 2 is 2.00 bits per heavy atom. The Bertz CT molecular complexity index is 715. The molecule has 2 aromatic rings. The molecule has 0 saturated carbocycles. The van der Waals surface area contributed by atoms with Crippen LogP contribution in [-0.2, 0) is 0 Å². The Labute approximate surface area is 126 Å². The van der Waals surface area contributed by atoms with Crippen molar-refractivity contribution < 1.29 is 19.6 Å². The molecule has 0 fully saturated rings. The summed E-state index contributed by atoms with van der Waals surface area (Å²) < 4.78 is 5.38. The minimum atomic E-state index is -0.750. The zero-order valence-electron chi connectivity index (χ0n) is 11.8. The molecule has 7 nitrogen and oxygen atoms in total. The van der Waals surface area contributed by atoms with Gasteiger partial charge in [-0.25, -0.2) is 0 Å². The molecule has 114 valence electrons. The van der Waals surface area contributed by atoms with Crippen LogP contribution in [0.3, 0.4) is 0 Å². The van der Waals surface area contributed by atoms with Crippen LogP contribution in [0.1, 0.15) is 17.3 Å². The highest BCUT2D eigenvalue weighted by Crippen LogP contribution is 2.31. The number of aromatic hydroxyl groups is 1. The zero-order valence-corrected chi connectivity index (χ0v) is 11.8. The second kappa shape index (κ2) is 6.57. The van der Waals surface area contributed by atoms with Gasteiger partial charge in [0, 0.05) is 6.07 Å². The van der Waals surface area contributed by atoms with Gasteiger partial charge in [-0.15, -0.1) is 0 Å². The van der Waals surface area contributed by atoms with Gasteiger partial charge >= 0.3 is 5.69 Å². The Kier molecular flexibility index (Phi) is 4.57. The lowest BCUT2D eigenvalue weighted by molar-refractivity contribution is -0.385. The zero-order chi connectivity index (χ0) is 16.1. The molecular weight excluding hydrogens is 288 g/mol. The van der Waals surface area contributed by atoms with Crippen molar-refractivity contribution in [3.63, 3.8) is 0 Å². The van der Waals surface area contributed by atoms with Crippen LogP contribution in [0.15, 0.2) is 42.5 Å². The second-order valence-electron chi connectivity index (χ2n) is 4.31. The van der Waals surface area contributed by atoms with E-state index < -0.39 is 22.3 Å². The summed E-state index contributed by atoms with van der Waals surface area (Å²) in [5.41, 5.74) is -0.286. The molecule has 2 rings (SSSR count). The molecule has 2 N–H and O–H groups in total. The highest BCUT2D eigenvalue weighted by atomic mass is 16.6. The average molecular weight is 302 g/mol. The van der Waals surface area contributed by atoms with E-state index in [2.05, 4.69) is 5.32 Å². The number of nitrogens with zero attached hydrogens (tertiary/aromatic N) is 1. The molecule has 7 heteroatoms. The highest BCUT2D eigenvalue weighted by Gasteiger charge is 2.21.